The highest BCUT2D eigenvalue weighted by molar-refractivity contribution is 7.99. The Hall–Kier alpha value is -3.65. The number of aromatic nitrogens is 2. The zero-order valence-corrected chi connectivity index (χ0v) is 18.8. The number of thioether (sulfide) groups is 1. The van der Waals surface area contributed by atoms with Crippen LogP contribution in [0.5, 0.6) is 0 Å². The van der Waals surface area contributed by atoms with Gasteiger partial charge in [-0.2, -0.15) is 13.2 Å². The van der Waals surface area contributed by atoms with Crippen LogP contribution in [0.3, 0.4) is 0 Å². The Morgan fingerprint density at radius 3 is 2.63 bits per heavy atom. The number of halogens is 3. The zero-order chi connectivity index (χ0) is 25.0. The highest BCUT2D eigenvalue weighted by Gasteiger charge is 2.32. The molecule has 4 rings (SSSR count). The Morgan fingerprint density at radius 2 is 1.91 bits per heavy atom. The maximum Gasteiger partial charge on any atom is 0.416 e. The standard InChI is InChI=1S/C21H18F3N5O5S/c22-21(23,24)13-5-6-15(17(11-13)28-7-9-33-10-8-28)25-18(30)12-35-20-27-26-19(34-20)14-3-1-2-4-16(14)29(31)32/h1-6,11H,7-10,12H2,(H,25,30). The summed E-state index contributed by atoms with van der Waals surface area (Å²) in [5, 5.41) is 21.4. The Morgan fingerprint density at radius 1 is 1.17 bits per heavy atom. The topological polar surface area (TPSA) is 124 Å². The summed E-state index contributed by atoms with van der Waals surface area (Å²) in [5.74, 6) is -0.755. The highest BCUT2D eigenvalue weighted by Crippen LogP contribution is 2.36. The van der Waals surface area contributed by atoms with Gasteiger partial charge in [0.1, 0.15) is 5.56 Å². The molecule has 184 valence electrons. The fraction of sp³-hybridized carbons (Fsp3) is 0.286. The van der Waals surface area contributed by atoms with Crippen molar-refractivity contribution in [3.8, 4) is 11.5 Å². The predicted molar refractivity (Wildman–Crippen MR) is 120 cm³/mol. The van der Waals surface area contributed by atoms with Gasteiger partial charge in [0.05, 0.1) is 40.8 Å². The molecule has 1 amide bonds. The molecule has 0 bridgehead atoms. The number of hydrogen-bond acceptors (Lipinski definition) is 9. The monoisotopic (exact) mass is 509 g/mol. The van der Waals surface area contributed by atoms with E-state index in [0.29, 0.717) is 26.3 Å². The Balaban J connectivity index is 1.45. The number of nitrogens with zero attached hydrogens (tertiary/aromatic N) is 4. The molecule has 0 atom stereocenters. The number of alkyl halides is 3. The number of nitro benzene ring substituents is 1. The van der Waals surface area contributed by atoms with Crippen molar-refractivity contribution in [2.75, 3.05) is 42.3 Å². The Bertz CT molecular complexity index is 1230. The molecule has 1 aliphatic rings. The number of ether oxygens (including phenoxy) is 1. The quantitative estimate of drug-likeness (QED) is 0.283. The number of carbonyl (C=O) groups excluding carboxylic acids is 1. The normalized spacial score (nSPS) is 14.1. The van der Waals surface area contributed by atoms with Gasteiger partial charge in [0.25, 0.3) is 16.8 Å². The van der Waals surface area contributed by atoms with Crippen LogP contribution in [-0.2, 0) is 15.7 Å². The summed E-state index contributed by atoms with van der Waals surface area (Å²) in [6.07, 6.45) is -4.52. The first-order valence-corrected chi connectivity index (χ1v) is 11.2. The summed E-state index contributed by atoms with van der Waals surface area (Å²) >= 11 is 0.891. The Labute approximate surface area is 200 Å². The Kier molecular flexibility index (Phi) is 7.21. The minimum Gasteiger partial charge on any atom is -0.411 e. The lowest BCUT2D eigenvalue weighted by Gasteiger charge is -2.31. The number of hydrogen-bond donors (Lipinski definition) is 1. The maximum absolute atomic E-state index is 13.2. The molecule has 2 heterocycles. The average molecular weight is 509 g/mol. The maximum atomic E-state index is 13.2. The number of anilines is 2. The van der Waals surface area contributed by atoms with Crippen LogP contribution in [0.2, 0.25) is 0 Å². The van der Waals surface area contributed by atoms with E-state index >= 15 is 0 Å². The van der Waals surface area contributed by atoms with E-state index in [1.54, 1.807) is 11.0 Å². The molecule has 0 aliphatic carbocycles. The second-order valence-corrected chi connectivity index (χ2v) is 8.24. The second-order valence-electron chi connectivity index (χ2n) is 7.31. The molecule has 1 N–H and O–H groups in total. The van der Waals surface area contributed by atoms with Crippen LogP contribution >= 0.6 is 11.8 Å². The van der Waals surface area contributed by atoms with Gasteiger partial charge in [-0.25, -0.2) is 0 Å². The molecule has 3 aromatic rings. The molecular weight excluding hydrogens is 491 g/mol. The van der Waals surface area contributed by atoms with Crippen LogP contribution in [-0.4, -0.2) is 53.1 Å². The number of amides is 1. The van der Waals surface area contributed by atoms with Crippen LogP contribution in [0.25, 0.3) is 11.5 Å². The predicted octanol–water partition coefficient (Wildman–Crippen LogP) is 4.23. The van der Waals surface area contributed by atoms with Crippen molar-refractivity contribution in [1.82, 2.24) is 10.2 Å². The highest BCUT2D eigenvalue weighted by atomic mass is 32.2. The third-order valence-electron chi connectivity index (χ3n) is 5.02. The molecule has 1 aromatic heterocycles. The van der Waals surface area contributed by atoms with Crippen molar-refractivity contribution in [3.63, 3.8) is 0 Å². The van der Waals surface area contributed by atoms with Crippen molar-refractivity contribution >= 4 is 34.7 Å². The van der Waals surface area contributed by atoms with Gasteiger partial charge in [-0.05, 0) is 24.3 Å². The van der Waals surface area contributed by atoms with Gasteiger partial charge in [-0.3, -0.25) is 14.9 Å². The van der Waals surface area contributed by atoms with E-state index in [0.717, 1.165) is 23.9 Å². The van der Waals surface area contributed by atoms with Crippen LogP contribution < -0.4 is 10.2 Å². The van der Waals surface area contributed by atoms with Crippen molar-refractivity contribution in [1.29, 1.82) is 0 Å². The summed E-state index contributed by atoms with van der Waals surface area (Å²) in [5.41, 5.74) is -0.404. The molecule has 14 heteroatoms. The fourth-order valence-electron chi connectivity index (χ4n) is 3.38. The first-order chi connectivity index (χ1) is 16.7. The van der Waals surface area contributed by atoms with Gasteiger partial charge >= 0.3 is 6.18 Å². The van der Waals surface area contributed by atoms with Gasteiger partial charge in [0.15, 0.2) is 0 Å². The number of benzene rings is 2. The van der Waals surface area contributed by atoms with Crippen molar-refractivity contribution < 1.29 is 32.0 Å². The second kappa shape index (κ2) is 10.3. The molecule has 0 saturated carbocycles. The SMILES string of the molecule is O=C(CSc1nnc(-c2ccccc2[N+](=O)[O-])o1)Nc1ccc(C(F)(F)F)cc1N1CCOCC1. The molecule has 1 saturated heterocycles. The molecule has 35 heavy (non-hydrogen) atoms. The lowest BCUT2D eigenvalue weighted by Crippen LogP contribution is -2.37. The summed E-state index contributed by atoms with van der Waals surface area (Å²) in [4.78, 5) is 24.9. The third-order valence-corrected chi connectivity index (χ3v) is 5.83. The summed E-state index contributed by atoms with van der Waals surface area (Å²) in [6.45, 7) is 1.49. The fourth-order valence-corrected chi connectivity index (χ4v) is 3.95. The minimum absolute atomic E-state index is 0.00845. The first kappa shape index (κ1) is 24.5. The smallest absolute Gasteiger partial charge is 0.411 e. The van der Waals surface area contributed by atoms with Gasteiger partial charge in [-0.1, -0.05) is 23.9 Å². The summed E-state index contributed by atoms with van der Waals surface area (Å²) in [6, 6.07) is 8.98. The van der Waals surface area contributed by atoms with Crippen molar-refractivity contribution in [3.05, 3.63) is 58.1 Å². The average Bonchev–Trinajstić information content (AvgIpc) is 3.32. The molecule has 0 unspecified atom stereocenters. The van der Waals surface area contributed by atoms with E-state index < -0.39 is 22.6 Å². The number of nitrogens with one attached hydrogen (secondary N) is 1. The van der Waals surface area contributed by atoms with Gasteiger partial charge in [0, 0.05) is 19.2 Å². The molecule has 10 nitrogen and oxygen atoms in total. The number of nitro groups is 1. The lowest BCUT2D eigenvalue weighted by atomic mass is 10.1. The minimum atomic E-state index is -4.52. The number of para-hydroxylation sites is 1. The molecule has 2 aromatic carbocycles. The van der Waals surface area contributed by atoms with Crippen LogP contribution in [0, 0.1) is 10.1 Å². The van der Waals surface area contributed by atoms with Crippen molar-refractivity contribution in [2.45, 2.75) is 11.4 Å². The number of morpholine rings is 1. The third kappa shape index (κ3) is 5.89. The van der Waals surface area contributed by atoms with Crippen molar-refractivity contribution in [2.24, 2.45) is 0 Å². The van der Waals surface area contributed by atoms with Gasteiger partial charge in [-0.15, -0.1) is 10.2 Å². The zero-order valence-electron chi connectivity index (χ0n) is 17.9. The van der Waals surface area contributed by atoms with E-state index in [1.165, 1.54) is 24.3 Å². The first-order valence-electron chi connectivity index (χ1n) is 10.3. The molecular formula is C21H18F3N5O5S. The molecule has 1 aliphatic heterocycles. The molecule has 1 fully saturated rings. The lowest BCUT2D eigenvalue weighted by molar-refractivity contribution is -0.384. The van der Waals surface area contributed by atoms with E-state index in [2.05, 4.69) is 15.5 Å². The van der Waals surface area contributed by atoms with Gasteiger partial charge < -0.3 is 19.4 Å². The number of rotatable bonds is 7. The van der Waals surface area contributed by atoms with E-state index in [4.69, 9.17) is 9.15 Å². The van der Waals surface area contributed by atoms with E-state index in [1.807, 2.05) is 0 Å². The largest absolute Gasteiger partial charge is 0.416 e. The van der Waals surface area contributed by atoms with Crippen LogP contribution in [0.15, 0.2) is 52.1 Å². The summed E-state index contributed by atoms with van der Waals surface area (Å²) in [7, 11) is 0. The number of carbonyl (C=O) groups is 1. The van der Waals surface area contributed by atoms with Crippen LogP contribution in [0.1, 0.15) is 5.56 Å². The molecule has 0 radical (unpaired) electrons. The summed E-state index contributed by atoms with van der Waals surface area (Å²) < 4.78 is 50.4. The van der Waals surface area contributed by atoms with Crippen LogP contribution in [0.4, 0.5) is 30.2 Å². The van der Waals surface area contributed by atoms with E-state index in [-0.39, 0.29) is 39.5 Å². The van der Waals surface area contributed by atoms with Gasteiger partial charge in [0.2, 0.25) is 5.91 Å². The van der Waals surface area contributed by atoms with E-state index in [9.17, 15) is 28.1 Å². The molecule has 0 spiro atoms.